The van der Waals surface area contributed by atoms with Gasteiger partial charge in [-0.25, -0.2) is 8.42 Å². The van der Waals surface area contributed by atoms with E-state index in [1.54, 1.807) is 18.2 Å². The molecule has 4 nitrogen and oxygen atoms in total. The van der Waals surface area contributed by atoms with Crippen molar-refractivity contribution in [2.45, 2.75) is 50.8 Å². The molecule has 2 rings (SSSR count). The van der Waals surface area contributed by atoms with E-state index >= 15 is 0 Å². The SMILES string of the molecule is COc1ccc(C(C)(C)C)cc1NS(=O)(=O)c1ccc(C(C)C)cc1. The van der Waals surface area contributed by atoms with Crippen molar-refractivity contribution in [3.8, 4) is 5.75 Å². The summed E-state index contributed by atoms with van der Waals surface area (Å²) >= 11 is 0. The van der Waals surface area contributed by atoms with E-state index in [1.807, 2.05) is 24.3 Å². The van der Waals surface area contributed by atoms with Gasteiger partial charge in [-0.05, 0) is 46.7 Å². The summed E-state index contributed by atoms with van der Waals surface area (Å²) in [5.41, 5.74) is 2.49. The van der Waals surface area contributed by atoms with Gasteiger partial charge in [0.2, 0.25) is 0 Å². The van der Waals surface area contributed by atoms with Gasteiger partial charge < -0.3 is 4.74 Å². The molecular formula is C20H27NO3S. The summed E-state index contributed by atoms with van der Waals surface area (Å²) in [6, 6.07) is 12.5. The lowest BCUT2D eigenvalue weighted by Crippen LogP contribution is -2.16. The molecule has 0 atom stereocenters. The van der Waals surface area contributed by atoms with Gasteiger partial charge in [0.1, 0.15) is 5.75 Å². The average molecular weight is 362 g/mol. The second-order valence-electron chi connectivity index (χ2n) is 7.49. The van der Waals surface area contributed by atoms with Crippen LogP contribution in [-0.4, -0.2) is 15.5 Å². The van der Waals surface area contributed by atoms with Crippen LogP contribution in [-0.2, 0) is 15.4 Å². The lowest BCUT2D eigenvalue weighted by Gasteiger charge is -2.21. The highest BCUT2D eigenvalue weighted by molar-refractivity contribution is 7.92. The Morgan fingerprint density at radius 1 is 1.00 bits per heavy atom. The lowest BCUT2D eigenvalue weighted by atomic mass is 9.87. The molecule has 0 bridgehead atoms. The predicted octanol–water partition coefficient (Wildman–Crippen LogP) is 4.92. The van der Waals surface area contributed by atoms with Crippen LogP contribution >= 0.6 is 0 Å². The van der Waals surface area contributed by atoms with Gasteiger partial charge in [-0.15, -0.1) is 0 Å². The fourth-order valence-corrected chi connectivity index (χ4v) is 3.55. The monoisotopic (exact) mass is 361 g/mol. The summed E-state index contributed by atoms with van der Waals surface area (Å²) in [6.07, 6.45) is 0. The van der Waals surface area contributed by atoms with Crippen molar-refractivity contribution in [3.63, 3.8) is 0 Å². The van der Waals surface area contributed by atoms with Crippen molar-refractivity contribution in [2.75, 3.05) is 11.8 Å². The number of sulfonamides is 1. The zero-order chi connectivity index (χ0) is 18.8. The van der Waals surface area contributed by atoms with Crippen LogP contribution in [0.25, 0.3) is 0 Å². The van der Waals surface area contributed by atoms with Crippen molar-refractivity contribution in [2.24, 2.45) is 0 Å². The molecule has 25 heavy (non-hydrogen) atoms. The van der Waals surface area contributed by atoms with Crippen molar-refractivity contribution < 1.29 is 13.2 Å². The number of rotatable bonds is 5. The largest absolute Gasteiger partial charge is 0.495 e. The first-order valence-electron chi connectivity index (χ1n) is 8.36. The standard InChI is InChI=1S/C20H27NO3S/c1-14(2)15-7-10-17(11-8-15)25(22,23)21-18-13-16(20(3,4)5)9-12-19(18)24-6/h7-14,21H,1-6H3. The van der Waals surface area contributed by atoms with Crippen LogP contribution in [0.5, 0.6) is 5.75 Å². The Labute approximate surface area is 151 Å². The molecule has 0 aliphatic rings. The van der Waals surface area contributed by atoms with E-state index in [0.29, 0.717) is 17.4 Å². The van der Waals surface area contributed by atoms with Crippen LogP contribution in [0.3, 0.4) is 0 Å². The van der Waals surface area contributed by atoms with Gasteiger partial charge in [0.05, 0.1) is 17.7 Å². The van der Waals surface area contributed by atoms with E-state index in [9.17, 15) is 8.42 Å². The Hall–Kier alpha value is -2.01. The predicted molar refractivity (Wildman–Crippen MR) is 103 cm³/mol. The first-order chi connectivity index (χ1) is 11.5. The average Bonchev–Trinajstić information content (AvgIpc) is 2.53. The molecule has 0 amide bonds. The zero-order valence-electron chi connectivity index (χ0n) is 15.8. The summed E-state index contributed by atoms with van der Waals surface area (Å²) < 4.78 is 33.5. The normalized spacial score (nSPS) is 12.3. The molecule has 5 heteroatoms. The minimum absolute atomic E-state index is 0.0919. The molecule has 0 aromatic heterocycles. The molecule has 136 valence electrons. The number of ether oxygens (including phenoxy) is 1. The molecule has 0 heterocycles. The topological polar surface area (TPSA) is 55.4 Å². The number of anilines is 1. The summed E-state index contributed by atoms with van der Waals surface area (Å²) in [5.74, 6) is 0.851. The molecule has 0 radical (unpaired) electrons. The third-order valence-corrected chi connectivity index (χ3v) is 5.55. The fourth-order valence-electron chi connectivity index (χ4n) is 2.49. The van der Waals surface area contributed by atoms with Gasteiger partial charge >= 0.3 is 0 Å². The van der Waals surface area contributed by atoms with Gasteiger partial charge in [-0.1, -0.05) is 52.8 Å². The van der Waals surface area contributed by atoms with Crippen LogP contribution in [0.2, 0.25) is 0 Å². The molecular weight excluding hydrogens is 334 g/mol. The fraction of sp³-hybridized carbons (Fsp3) is 0.400. The molecule has 2 aromatic rings. The van der Waals surface area contributed by atoms with Crippen molar-refractivity contribution in [1.82, 2.24) is 0 Å². The summed E-state index contributed by atoms with van der Waals surface area (Å²) in [7, 11) is -2.15. The summed E-state index contributed by atoms with van der Waals surface area (Å²) in [4.78, 5) is 0.236. The van der Waals surface area contributed by atoms with Gasteiger partial charge in [0, 0.05) is 0 Å². The highest BCUT2D eigenvalue weighted by atomic mass is 32.2. The summed E-state index contributed by atoms with van der Waals surface area (Å²) in [5, 5.41) is 0. The molecule has 0 aliphatic heterocycles. The van der Waals surface area contributed by atoms with Crippen molar-refractivity contribution in [3.05, 3.63) is 53.6 Å². The molecule has 0 spiro atoms. The molecule has 0 saturated heterocycles. The lowest BCUT2D eigenvalue weighted by molar-refractivity contribution is 0.416. The molecule has 0 fully saturated rings. The first-order valence-corrected chi connectivity index (χ1v) is 9.84. The van der Waals surface area contributed by atoms with Gasteiger partial charge in [-0.3, -0.25) is 4.72 Å². The molecule has 1 N–H and O–H groups in total. The Balaban J connectivity index is 2.39. The number of benzene rings is 2. The van der Waals surface area contributed by atoms with Crippen molar-refractivity contribution in [1.29, 1.82) is 0 Å². The van der Waals surface area contributed by atoms with E-state index in [1.165, 1.54) is 7.11 Å². The third-order valence-electron chi connectivity index (χ3n) is 4.17. The highest BCUT2D eigenvalue weighted by Crippen LogP contribution is 2.33. The third kappa shape index (κ3) is 4.54. The van der Waals surface area contributed by atoms with E-state index in [-0.39, 0.29) is 10.3 Å². The quantitative estimate of drug-likeness (QED) is 0.822. The van der Waals surface area contributed by atoms with Crippen LogP contribution in [0.1, 0.15) is 51.7 Å². The Morgan fingerprint density at radius 2 is 1.60 bits per heavy atom. The van der Waals surface area contributed by atoms with Crippen LogP contribution in [0.4, 0.5) is 5.69 Å². The smallest absolute Gasteiger partial charge is 0.262 e. The molecule has 0 saturated carbocycles. The van der Waals surface area contributed by atoms with E-state index in [2.05, 4.69) is 39.3 Å². The minimum atomic E-state index is -3.68. The number of hydrogen-bond donors (Lipinski definition) is 1. The van der Waals surface area contributed by atoms with Crippen LogP contribution in [0, 0.1) is 0 Å². The van der Waals surface area contributed by atoms with E-state index in [0.717, 1.165) is 11.1 Å². The molecule has 0 unspecified atom stereocenters. The maximum atomic E-state index is 12.7. The Bertz CT molecular complexity index is 832. The highest BCUT2D eigenvalue weighted by Gasteiger charge is 2.20. The minimum Gasteiger partial charge on any atom is -0.495 e. The Kier molecular flexibility index (Phi) is 5.47. The molecule has 0 aliphatic carbocycles. The number of hydrogen-bond acceptors (Lipinski definition) is 3. The maximum absolute atomic E-state index is 12.7. The van der Waals surface area contributed by atoms with Crippen LogP contribution in [0.15, 0.2) is 47.4 Å². The Morgan fingerprint density at radius 3 is 2.08 bits per heavy atom. The van der Waals surface area contributed by atoms with Gasteiger partial charge in [-0.2, -0.15) is 0 Å². The maximum Gasteiger partial charge on any atom is 0.262 e. The zero-order valence-corrected chi connectivity index (χ0v) is 16.6. The van der Waals surface area contributed by atoms with Gasteiger partial charge in [0.25, 0.3) is 10.0 Å². The number of methoxy groups -OCH3 is 1. The second-order valence-corrected chi connectivity index (χ2v) is 9.18. The number of nitrogens with one attached hydrogen (secondary N) is 1. The summed E-state index contributed by atoms with van der Waals surface area (Å²) in [6.45, 7) is 10.4. The van der Waals surface area contributed by atoms with E-state index in [4.69, 9.17) is 4.74 Å². The first kappa shape index (κ1) is 19.3. The van der Waals surface area contributed by atoms with Crippen molar-refractivity contribution >= 4 is 15.7 Å². The van der Waals surface area contributed by atoms with Crippen LogP contribution < -0.4 is 9.46 Å². The molecule has 2 aromatic carbocycles. The van der Waals surface area contributed by atoms with Gasteiger partial charge in [0.15, 0.2) is 0 Å². The van der Waals surface area contributed by atoms with E-state index < -0.39 is 10.0 Å². The second kappa shape index (κ2) is 7.08.